The summed E-state index contributed by atoms with van der Waals surface area (Å²) in [6, 6.07) is 45.4. The summed E-state index contributed by atoms with van der Waals surface area (Å²) in [5.74, 6) is 0.897. The van der Waals surface area contributed by atoms with Crippen LogP contribution < -0.4 is 4.74 Å². The van der Waals surface area contributed by atoms with Gasteiger partial charge in [-0.3, -0.25) is 0 Å². The molecule has 0 saturated carbocycles. The standard InChI is InChI=1S/C41H38O/c1-39(2,3)31-19-15-27-16-20-32(24-29(27)23-31)41(37-13-9-7-11-35(37)36-12-8-10-14-38(36)41)33-21-17-28-18-22-34(26-30(28)25-33)42-40(4,5)6/h7-26H,1-6H3. The number of ether oxygens (including phenoxy) is 1. The maximum Gasteiger partial charge on any atom is 0.120 e. The topological polar surface area (TPSA) is 9.23 Å². The molecular weight excluding hydrogens is 508 g/mol. The summed E-state index contributed by atoms with van der Waals surface area (Å²) in [6.45, 7) is 13.2. The Labute approximate surface area is 249 Å². The summed E-state index contributed by atoms with van der Waals surface area (Å²) in [7, 11) is 0. The minimum Gasteiger partial charge on any atom is -0.488 e. The third-order valence-electron chi connectivity index (χ3n) is 8.76. The van der Waals surface area contributed by atoms with Gasteiger partial charge in [0.25, 0.3) is 0 Å². The lowest BCUT2D eigenvalue weighted by Gasteiger charge is -2.34. The molecule has 0 aliphatic heterocycles. The van der Waals surface area contributed by atoms with Gasteiger partial charge in [0.05, 0.1) is 5.41 Å². The van der Waals surface area contributed by atoms with Crippen LogP contribution in [0.25, 0.3) is 32.7 Å². The first-order chi connectivity index (χ1) is 20.0. The maximum absolute atomic E-state index is 6.28. The van der Waals surface area contributed by atoms with Crippen molar-refractivity contribution in [3.05, 3.63) is 149 Å². The smallest absolute Gasteiger partial charge is 0.120 e. The van der Waals surface area contributed by atoms with Gasteiger partial charge in [-0.15, -0.1) is 0 Å². The Balaban J connectivity index is 1.54. The quantitative estimate of drug-likeness (QED) is 0.214. The first-order valence-electron chi connectivity index (χ1n) is 15.0. The third-order valence-corrected chi connectivity index (χ3v) is 8.76. The van der Waals surface area contributed by atoms with E-state index in [1.165, 1.54) is 60.5 Å². The van der Waals surface area contributed by atoms with Gasteiger partial charge in [-0.05, 0) is 111 Å². The predicted molar refractivity (Wildman–Crippen MR) is 178 cm³/mol. The van der Waals surface area contributed by atoms with Gasteiger partial charge in [-0.1, -0.05) is 118 Å². The van der Waals surface area contributed by atoms with Crippen molar-refractivity contribution in [1.82, 2.24) is 0 Å². The minimum atomic E-state index is -0.450. The van der Waals surface area contributed by atoms with Gasteiger partial charge in [-0.25, -0.2) is 0 Å². The van der Waals surface area contributed by atoms with Gasteiger partial charge >= 0.3 is 0 Å². The molecule has 0 amide bonds. The Morgan fingerprint density at radius 1 is 0.476 bits per heavy atom. The summed E-state index contributed by atoms with van der Waals surface area (Å²) in [4.78, 5) is 0. The SMILES string of the molecule is CC(C)(C)Oc1ccc2ccc(C3(c4ccc5ccc(C(C)(C)C)cc5c4)c4ccccc4-c4ccccc43)cc2c1. The first-order valence-corrected chi connectivity index (χ1v) is 15.0. The average Bonchev–Trinajstić information content (AvgIpc) is 3.26. The van der Waals surface area contributed by atoms with Crippen LogP contribution in [0, 0.1) is 0 Å². The fraction of sp³-hybridized carbons (Fsp3) is 0.220. The average molecular weight is 547 g/mol. The molecule has 1 aliphatic carbocycles. The van der Waals surface area contributed by atoms with Crippen molar-refractivity contribution in [1.29, 1.82) is 0 Å². The molecule has 0 spiro atoms. The van der Waals surface area contributed by atoms with E-state index in [1.807, 2.05) is 0 Å². The van der Waals surface area contributed by atoms with E-state index in [9.17, 15) is 0 Å². The molecule has 0 N–H and O–H groups in total. The van der Waals surface area contributed by atoms with Crippen LogP contribution in [0.2, 0.25) is 0 Å². The highest BCUT2D eigenvalue weighted by Crippen LogP contribution is 2.56. The first kappa shape index (κ1) is 26.5. The van der Waals surface area contributed by atoms with Crippen LogP contribution in [0.5, 0.6) is 5.75 Å². The molecule has 0 aromatic heterocycles. The maximum atomic E-state index is 6.28. The lowest BCUT2D eigenvalue weighted by Crippen LogP contribution is -2.28. The molecule has 1 nitrogen and oxygen atoms in total. The van der Waals surface area contributed by atoms with Gasteiger partial charge in [0, 0.05) is 0 Å². The molecule has 0 atom stereocenters. The van der Waals surface area contributed by atoms with E-state index in [0.717, 1.165) is 5.75 Å². The monoisotopic (exact) mass is 546 g/mol. The number of hydrogen-bond acceptors (Lipinski definition) is 1. The molecule has 42 heavy (non-hydrogen) atoms. The summed E-state index contributed by atoms with van der Waals surface area (Å²) >= 11 is 0. The highest BCUT2D eigenvalue weighted by Gasteiger charge is 2.46. The Bertz CT molecular complexity index is 1930. The summed E-state index contributed by atoms with van der Waals surface area (Å²) in [5, 5.41) is 4.95. The molecule has 1 heteroatoms. The van der Waals surface area contributed by atoms with E-state index >= 15 is 0 Å². The van der Waals surface area contributed by atoms with Gasteiger partial charge in [0.2, 0.25) is 0 Å². The van der Waals surface area contributed by atoms with E-state index in [0.29, 0.717) is 0 Å². The zero-order valence-electron chi connectivity index (χ0n) is 25.5. The van der Waals surface area contributed by atoms with Gasteiger partial charge in [-0.2, -0.15) is 0 Å². The second kappa shape index (κ2) is 9.33. The van der Waals surface area contributed by atoms with Crippen molar-refractivity contribution in [2.75, 3.05) is 0 Å². The van der Waals surface area contributed by atoms with Crippen LogP contribution >= 0.6 is 0 Å². The molecule has 6 aromatic carbocycles. The van der Waals surface area contributed by atoms with Crippen LogP contribution in [0.4, 0.5) is 0 Å². The molecular formula is C41H38O. The van der Waals surface area contributed by atoms with Crippen LogP contribution in [0.1, 0.15) is 69.4 Å². The largest absolute Gasteiger partial charge is 0.488 e. The van der Waals surface area contributed by atoms with Gasteiger partial charge in [0.1, 0.15) is 11.4 Å². The molecule has 0 unspecified atom stereocenters. The molecule has 7 rings (SSSR count). The van der Waals surface area contributed by atoms with Gasteiger partial charge < -0.3 is 4.74 Å². The lowest BCUT2D eigenvalue weighted by molar-refractivity contribution is 0.131. The normalized spacial score (nSPS) is 14.1. The van der Waals surface area contributed by atoms with Crippen molar-refractivity contribution in [2.24, 2.45) is 0 Å². The number of hydrogen-bond donors (Lipinski definition) is 0. The molecule has 208 valence electrons. The predicted octanol–water partition coefficient (Wildman–Crippen LogP) is 10.8. The Morgan fingerprint density at radius 3 is 1.52 bits per heavy atom. The van der Waals surface area contributed by atoms with E-state index in [-0.39, 0.29) is 11.0 Å². The summed E-state index contributed by atoms with van der Waals surface area (Å²) < 4.78 is 6.28. The fourth-order valence-corrected chi connectivity index (χ4v) is 6.85. The second-order valence-corrected chi connectivity index (χ2v) is 13.8. The zero-order chi connectivity index (χ0) is 29.3. The number of fused-ring (bicyclic) bond motifs is 5. The van der Waals surface area contributed by atoms with E-state index in [4.69, 9.17) is 4.74 Å². The Morgan fingerprint density at radius 2 is 0.976 bits per heavy atom. The lowest BCUT2D eigenvalue weighted by atomic mass is 9.67. The van der Waals surface area contributed by atoms with Crippen molar-refractivity contribution in [3.8, 4) is 16.9 Å². The molecule has 0 fully saturated rings. The van der Waals surface area contributed by atoms with Crippen LogP contribution in [0.3, 0.4) is 0 Å². The fourth-order valence-electron chi connectivity index (χ4n) is 6.85. The summed E-state index contributed by atoms with van der Waals surface area (Å²) in [5.41, 5.74) is 8.57. The molecule has 0 heterocycles. The summed E-state index contributed by atoms with van der Waals surface area (Å²) in [6.07, 6.45) is 0. The molecule has 1 aliphatic rings. The minimum absolute atomic E-state index is 0.0830. The zero-order valence-corrected chi connectivity index (χ0v) is 25.5. The van der Waals surface area contributed by atoms with Crippen LogP contribution in [-0.2, 0) is 10.8 Å². The molecule has 6 aromatic rings. The van der Waals surface area contributed by atoms with Crippen molar-refractivity contribution < 1.29 is 4.74 Å². The van der Waals surface area contributed by atoms with E-state index in [1.54, 1.807) is 0 Å². The van der Waals surface area contributed by atoms with Crippen LogP contribution in [0.15, 0.2) is 121 Å². The van der Waals surface area contributed by atoms with Crippen LogP contribution in [-0.4, -0.2) is 5.60 Å². The van der Waals surface area contributed by atoms with Crippen molar-refractivity contribution >= 4 is 21.5 Å². The highest BCUT2D eigenvalue weighted by molar-refractivity contribution is 5.92. The molecule has 0 saturated heterocycles. The van der Waals surface area contributed by atoms with E-state index < -0.39 is 5.41 Å². The molecule has 0 bridgehead atoms. The third kappa shape index (κ3) is 4.22. The Kier molecular flexibility index (Phi) is 5.89. The van der Waals surface area contributed by atoms with Crippen molar-refractivity contribution in [2.45, 2.75) is 58.0 Å². The number of rotatable bonds is 3. The second-order valence-electron chi connectivity index (χ2n) is 13.8. The molecule has 0 radical (unpaired) electrons. The Hall–Kier alpha value is -4.36. The van der Waals surface area contributed by atoms with Crippen molar-refractivity contribution in [3.63, 3.8) is 0 Å². The highest BCUT2D eigenvalue weighted by atomic mass is 16.5. The van der Waals surface area contributed by atoms with Gasteiger partial charge in [0.15, 0.2) is 0 Å². The number of benzene rings is 6. The van der Waals surface area contributed by atoms with E-state index in [2.05, 4.69) is 163 Å².